The van der Waals surface area contributed by atoms with Crippen LogP contribution < -0.4 is 25.3 Å². The molecule has 3 heterocycles. The van der Waals surface area contributed by atoms with Crippen LogP contribution in [0.5, 0.6) is 17.4 Å². The predicted molar refractivity (Wildman–Crippen MR) is 119 cm³/mol. The zero-order chi connectivity index (χ0) is 22.3. The summed E-state index contributed by atoms with van der Waals surface area (Å²) in [6.07, 6.45) is 3.37. The fraction of sp³-hybridized carbons (Fsp3) is 0.182. The van der Waals surface area contributed by atoms with Crippen LogP contribution >= 0.6 is 0 Å². The SMILES string of the molecule is COc1cc(COc2cc(-c3cnc(NCc4ccccn4)nc3N)[nH]n2)cc(OC)c1. The standard InChI is InChI=1S/C22H23N7O3/c1-30-16-7-14(8-17(9-16)31-2)13-32-20-10-19(28-29-20)18-12-26-22(27-21(18)23)25-11-15-5-3-4-6-24-15/h3-10,12H,11,13H2,1-2H3,(H,28,29)(H3,23,25,26,27). The number of hydrogen-bond donors (Lipinski definition) is 3. The second kappa shape index (κ2) is 9.65. The average Bonchev–Trinajstić information content (AvgIpc) is 3.30. The van der Waals surface area contributed by atoms with Gasteiger partial charge in [-0.25, -0.2) is 4.98 Å². The van der Waals surface area contributed by atoms with Gasteiger partial charge in [0.25, 0.3) is 0 Å². The van der Waals surface area contributed by atoms with E-state index in [2.05, 4.69) is 30.5 Å². The summed E-state index contributed by atoms with van der Waals surface area (Å²) in [6, 6.07) is 13.0. The van der Waals surface area contributed by atoms with Gasteiger partial charge in [-0.15, -0.1) is 5.10 Å². The van der Waals surface area contributed by atoms with Crippen LogP contribution in [-0.2, 0) is 13.2 Å². The van der Waals surface area contributed by atoms with Gasteiger partial charge in [-0.3, -0.25) is 10.1 Å². The van der Waals surface area contributed by atoms with Crippen LogP contribution in [0.4, 0.5) is 11.8 Å². The maximum Gasteiger partial charge on any atom is 0.233 e. The highest BCUT2D eigenvalue weighted by atomic mass is 16.5. The zero-order valence-electron chi connectivity index (χ0n) is 17.7. The minimum absolute atomic E-state index is 0.292. The Morgan fingerprint density at radius 2 is 1.84 bits per heavy atom. The van der Waals surface area contributed by atoms with E-state index < -0.39 is 0 Å². The number of nitrogens with zero attached hydrogens (tertiary/aromatic N) is 4. The van der Waals surface area contributed by atoms with Gasteiger partial charge >= 0.3 is 0 Å². The molecule has 0 radical (unpaired) electrons. The summed E-state index contributed by atoms with van der Waals surface area (Å²) in [7, 11) is 3.20. The van der Waals surface area contributed by atoms with Crippen LogP contribution in [0.3, 0.4) is 0 Å². The summed E-state index contributed by atoms with van der Waals surface area (Å²) < 4.78 is 16.4. The molecule has 0 saturated heterocycles. The van der Waals surface area contributed by atoms with E-state index in [1.807, 2.05) is 30.3 Å². The monoisotopic (exact) mass is 433 g/mol. The minimum atomic E-state index is 0.292. The number of ether oxygens (including phenoxy) is 3. The molecular weight excluding hydrogens is 410 g/mol. The zero-order valence-corrected chi connectivity index (χ0v) is 17.7. The van der Waals surface area contributed by atoms with Crippen molar-refractivity contribution in [3.05, 3.63) is 66.1 Å². The number of hydrogen-bond acceptors (Lipinski definition) is 9. The first-order valence-corrected chi connectivity index (χ1v) is 9.81. The summed E-state index contributed by atoms with van der Waals surface area (Å²) in [5, 5.41) is 10.2. The summed E-state index contributed by atoms with van der Waals surface area (Å²) in [5.41, 5.74) is 9.17. The summed E-state index contributed by atoms with van der Waals surface area (Å²) in [6.45, 7) is 0.789. The van der Waals surface area contributed by atoms with Crippen LogP contribution in [0.1, 0.15) is 11.3 Å². The van der Waals surface area contributed by atoms with Crippen molar-refractivity contribution in [3.8, 4) is 28.6 Å². The Kier molecular flexibility index (Phi) is 6.30. The number of H-pyrrole nitrogens is 1. The molecule has 0 amide bonds. The van der Waals surface area contributed by atoms with Crippen molar-refractivity contribution >= 4 is 11.8 Å². The van der Waals surface area contributed by atoms with Crippen molar-refractivity contribution in [1.82, 2.24) is 25.1 Å². The summed E-state index contributed by atoms with van der Waals surface area (Å²) in [5.74, 6) is 2.52. The first-order valence-electron chi connectivity index (χ1n) is 9.81. The molecule has 10 heteroatoms. The van der Waals surface area contributed by atoms with Crippen molar-refractivity contribution in [2.75, 3.05) is 25.3 Å². The number of aromatic amines is 1. The number of rotatable bonds is 9. The van der Waals surface area contributed by atoms with Crippen LogP contribution in [0.25, 0.3) is 11.3 Å². The molecule has 0 bridgehead atoms. The van der Waals surface area contributed by atoms with Crippen LogP contribution in [0.2, 0.25) is 0 Å². The van der Waals surface area contributed by atoms with Crippen molar-refractivity contribution < 1.29 is 14.2 Å². The molecule has 0 aliphatic heterocycles. The number of nitrogen functional groups attached to an aromatic ring is 1. The molecule has 164 valence electrons. The van der Waals surface area contributed by atoms with Gasteiger partial charge in [-0.2, -0.15) is 4.98 Å². The minimum Gasteiger partial charge on any atom is -0.497 e. The molecule has 3 aromatic heterocycles. The Balaban J connectivity index is 1.41. The lowest BCUT2D eigenvalue weighted by atomic mass is 10.2. The third-order valence-corrected chi connectivity index (χ3v) is 4.61. The van der Waals surface area contributed by atoms with E-state index in [0.717, 1.165) is 11.3 Å². The number of nitrogens with two attached hydrogens (primary N) is 1. The van der Waals surface area contributed by atoms with Gasteiger partial charge < -0.3 is 25.3 Å². The first-order chi connectivity index (χ1) is 15.6. The number of aromatic nitrogens is 5. The van der Waals surface area contributed by atoms with Crippen molar-refractivity contribution in [3.63, 3.8) is 0 Å². The van der Waals surface area contributed by atoms with Crippen LogP contribution in [0.15, 0.2) is 54.9 Å². The second-order valence-corrected chi connectivity index (χ2v) is 6.80. The van der Waals surface area contributed by atoms with Gasteiger partial charge in [0.15, 0.2) is 0 Å². The van der Waals surface area contributed by atoms with Gasteiger partial charge in [-0.05, 0) is 29.8 Å². The Labute approximate surface area is 184 Å². The molecule has 0 spiro atoms. The summed E-state index contributed by atoms with van der Waals surface area (Å²) in [4.78, 5) is 12.9. The molecule has 32 heavy (non-hydrogen) atoms. The highest BCUT2D eigenvalue weighted by Gasteiger charge is 2.11. The maximum absolute atomic E-state index is 6.14. The molecule has 1 aromatic carbocycles. The van der Waals surface area contributed by atoms with Gasteiger partial charge in [0, 0.05) is 24.5 Å². The summed E-state index contributed by atoms with van der Waals surface area (Å²) >= 11 is 0. The van der Waals surface area contributed by atoms with E-state index in [0.29, 0.717) is 53.6 Å². The van der Waals surface area contributed by atoms with Gasteiger partial charge in [0.05, 0.1) is 37.7 Å². The lowest BCUT2D eigenvalue weighted by Crippen LogP contribution is -2.07. The Morgan fingerprint density at radius 3 is 2.53 bits per heavy atom. The first kappa shape index (κ1) is 20.9. The predicted octanol–water partition coefficient (Wildman–Crippen LogP) is 3.05. The average molecular weight is 433 g/mol. The van der Waals surface area contributed by atoms with Crippen LogP contribution in [0, 0.1) is 0 Å². The highest BCUT2D eigenvalue weighted by molar-refractivity contribution is 5.71. The Morgan fingerprint density at radius 1 is 1.03 bits per heavy atom. The number of pyridine rings is 1. The third kappa shape index (κ3) is 5.04. The molecule has 0 aliphatic carbocycles. The molecule has 0 fully saturated rings. The molecule has 0 unspecified atom stereocenters. The second-order valence-electron chi connectivity index (χ2n) is 6.80. The number of benzene rings is 1. The van der Waals surface area contributed by atoms with Gasteiger partial charge in [0.2, 0.25) is 11.8 Å². The van der Waals surface area contributed by atoms with E-state index in [1.54, 1.807) is 38.7 Å². The quantitative estimate of drug-likeness (QED) is 0.364. The lowest BCUT2D eigenvalue weighted by Gasteiger charge is -2.08. The molecule has 0 atom stereocenters. The number of methoxy groups -OCH3 is 2. The maximum atomic E-state index is 6.14. The molecule has 0 aliphatic rings. The van der Waals surface area contributed by atoms with E-state index in [-0.39, 0.29) is 0 Å². The fourth-order valence-corrected chi connectivity index (χ4v) is 2.98. The van der Waals surface area contributed by atoms with Crippen molar-refractivity contribution in [1.29, 1.82) is 0 Å². The lowest BCUT2D eigenvalue weighted by molar-refractivity contribution is 0.291. The van der Waals surface area contributed by atoms with Crippen molar-refractivity contribution in [2.45, 2.75) is 13.2 Å². The number of anilines is 2. The molecule has 4 rings (SSSR count). The number of nitrogens with one attached hydrogen (secondary N) is 2. The topological polar surface area (TPSA) is 133 Å². The molecule has 4 aromatic rings. The van der Waals surface area contributed by atoms with E-state index in [4.69, 9.17) is 19.9 Å². The van der Waals surface area contributed by atoms with Crippen molar-refractivity contribution in [2.24, 2.45) is 0 Å². The van der Waals surface area contributed by atoms with E-state index in [1.165, 1.54) is 0 Å². The van der Waals surface area contributed by atoms with E-state index in [9.17, 15) is 0 Å². The van der Waals surface area contributed by atoms with E-state index >= 15 is 0 Å². The normalized spacial score (nSPS) is 10.6. The largest absolute Gasteiger partial charge is 0.497 e. The third-order valence-electron chi connectivity index (χ3n) is 4.61. The smallest absolute Gasteiger partial charge is 0.233 e. The Bertz CT molecular complexity index is 1160. The highest BCUT2D eigenvalue weighted by Crippen LogP contribution is 2.27. The van der Waals surface area contributed by atoms with Gasteiger partial charge in [-0.1, -0.05) is 6.07 Å². The Hall–Kier alpha value is -4.34. The molecule has 0 saturated carbocycles. The molecule has 4 N–H and O–H groups in total. The molecular formula is C22H23N7O3. The van der Waals surface area contributed by atoms with Crippen LogP contribution in [-0.4, -0.2) is 39.4 Å². The van der Waals surface area contributed by atoms with Gasteiger partial charge in [0.1, 0.15) is 23.9 Å². The molecule has 10 nitrogen and oxygen atoms in total. The fourth-order valence-electron chi connectivity index (χ4n) is 2.98.